The van der Waals surface area contributed by atoms with Gasteiger partial charge in [0.15, 0.2) is 0 Å². The van der Waals surface area contributed by atoms with Crippen molar-refractivity contribution < 1.29 is 14.7 Å². The van der Waals surface area contributed by atoms with Gasteiger partial charge in [-0.2, -0.15) is 0 Å². The number of carboxylic acid groups (broad SMARTS) is 1. The summed E-state index contributed by atoms with van der Waals surface area (Å²) < 4.78 is 0. The van der Waals surface area contributed by atoms with Crippen molar-refractivity contribution in [1.29, 1.82) is 0 Å². The lowest BCUT2D eigenvalue weighted by molar-refractivity contribution is -0.145. The lowest BCUT2D eigenvalue weighted by Crippen LogP contribution is -2.56. The number of hydrogen-bond acceptors (Lipinski definition) is 3. The Kier molecular flexibility index (Phi) is 4.96. The summed E-state index contributed by atoms with van der Waals surface area (Å²) in [6.45, 7) is 10.4. The molecule has 0 aromatic carbocycles. The Labute approximate surface area is 115 Å². The zero-order valence-electron chi connectivity index (χ0n) is 12.6. The van der Waals surface area contributed by atoms with Crippen molar-refractivity contribution in [2.75, 3.05) is 6.54 Å². The lowest BCUT2D eigenvalue weighted by Gasteiger charge is -2.35. The third-order valence-corrected chi connectivity index (χ3v) is 3.33. The van der Waals surface area contributed by atoms with Gasteiger partial charge in [-0.25, -0.2) is 0 Å². The molecule has 1 rings (SSSR count). The molecule has 0 spiro atoms. The van der Waals surface area contributed by atoms with Crippen LogP contribution in [0.15, 0.2) is 0 Å². The third kappa shape index (κ3) is 4.20. The quantitative estimate of drug-likeness (QED) is 0.811. The van der Waals surface area contributed by atoms with E-state index in [0.717, 1.165) is 6.42 Å². The van der Waals surface area contributed by atoms with Crippen molar-refractivity contribution in [2.45, 2.75) is 65.1 Å². The highest BCUT2D eigenvalue weighted by Gasteiger charge is 2.40. The van der Waals surface area contributed by atoms with Gasteiger partial charge in [0, 0.05) is 5.54 Å². The smallest absolute Gasteiger partial charge is 0.320 e. The van der Waals surface area contributed by atoms with E-state index in [-0.39, 0.29) is 23.4 Å². The monoisotopic (exact) mass is 270 g/mol. The predicted molar refractivity (Wildman–Crippen MR) is 73.9 cm³/mol. The van der Waals surface area contributed by atoms with Crippen LogP contribution >= 0.6 is 0 Å². The van der Waals surface area contributed by atoms with Crippen LogP contribution in [-0.4, -0.2) is 46.1 Å². The molecule has 0 saturated carbocycles. The van der Waals surface area contributed by atoms with Gasteiger partial charge < -0.3 is 10.4 Å². The van der Waals surface area contributed by atoms with Gasteiger partial charge >= 0.3 is 5.97 Å². The SMILES string of the molecule is CC(C)[C@@H](C(=O)NC(C)(C)C)N1CCC[C@H]1C(=O)O. The van der Waals surface area contributed by atoms with E-state index in [1.165, 1.54) is 0 Å². The van der Waals surface area contributed by atoms with Gasteiger partial charge in [-0.1, -0.05) is 13.8 Å². The molecule has 1 amide bonds. The van der Waals surface area contributed by atoms with Crippen molar-refractivity contribution in [1.82, 2.24) is 10.2 Å². The molecule has 0 aliphatic carbocycles. The molecule has 1 saturated heterocycles. The number of aliphatic carboxylic acids is 1. The number of carbonyl (C=O) groups excluding carboxylic acids is 1. The van der Waals surface area contributed by atoms with E-state index in [1.807, 2.05) is 39.5 Å². The van der Waals surface area contributed by atoms with Crippen LogP contribution in [0.5, 0.6) is 0 Å². The van der Waals surface area contributed by atoms with Crippen LogP contribution in [0, 0.1) is 5.92 Å². The van der Waals surface area contributed by atoms with Crippen molar-refractivity contribution in [3.05, 3.63) is 0 Å². The molecule has 2 N–H and O–H groups in total. The molecule has 0 unspecified atom stereocenters. The van der Waals surface area contributed by atoms with Crippen LogP contribution in [0.3, 0.4) is 0 Å². The van der Waals surface area contributed by atoms with Crippen molar-refractivity contribution in [2.24, 2.45) is 5.92 Å². The van der Waals surface area contributed by atoms with Crippen LogP contribution in [0.4, 0.5) is 0 Å². The molecule has 1 aliphatic heterocycles. The van der Waals surface area contributed by atoms with E-state index < -0.39 is 12.0 Å². The molecule has 0 radical (unpaired) electrons. The summed E-state index contributed by atoms with van der Waals surface area (Å²) >= 11 is 0. The second-order valence-electron chi connectivity index (χ2n) is 6.66. The standard InChI is InChI=1S/C14H26N2O3/c1-9(2)11(12(17)15-14(3,4)5)16-8-6-7-10(16)13(18)19/h9-11H,6-8H2,1-5H3,(H,15,17)(H,18,19)/t10-,11-/m0/s1. The summed E-state index contributed by atoms with van der Waals surface area (Å²) in [7, 11) is 0. The fraction of sp³-hybridized carbons (Fsp3) is 0.857. The minimum absolute atomic E-state index is 0.0735. The van der Waals surface area contributed by atoms with Crippen molar-refractivity contribution in [3.63, 3.8) is 0 Å². The van der Waals surface area contributed by atoms with Gasteiger partial charge in [0.2, 0.25) is 5.91 Å². The Morgan fingerprint density at radius 1 is 1.32 bits per heavy atom. The van der Waals surface area contributed by atoms with Crippen LogP contribution in [0.25, 0.3) is 0 Å². The first-order valence-electron chi connectivity index (χ1n) is 6.94. The number of nitrogens with zero attached hydrogens (tertiary/aromatic N) is 1. The van der Waals surface area contributed by atoms with Crippen LogP contribution in [0.2, 0.25) is 0 Å². The molecule has 2 atom stereocenters. The average molecular weight is 270 g/mol. The summed E-state index contributed by atoms with van der Waals surface area (Å²) in [5.74, 6) is -0.815. The molecule has 5 heteroatoms. The Morgan fingerprint density at radius 3 is 2.32 bits per heavy atom. The highest BCUT2D eigenvalue weighted by Crippen LogP contribution is 2.24. The minimum atomic E-state index is -0.827. The molecule has 110 valence electrons. The third-order valence-electron chi connectivity index (χ3n) is 3.33. The molecular formula is C14H26N2O3. The number of carbonyl (C=O) groups is 2. The lowest BCUT2D eigenvalue weighted by atomic mass is 9.98. The fourth-order valence-corrected chi connectivity index (χ4v) is 2.67. The molecule has 5 nitrogen and oxygen atoms in total. The van der Waals surface area contributed by atoms with E-state index in [9.17, 15) is 14.7 Å². The zero-order chi connectivity index (χ0) is 14.8. The second-order valence-corrected chi connectivity index (χ2v) is 6.66. The first kappa shape index (κ1) is 16.0. The highest BCUT2D eigenvalue weighted by atomic mass is 16.4. The van der Waals surface area contributed by atoms with E-state index in [1.54, 1.807) is 0 Å². The summed E-state index contributed by atoms with van der Waals surface area (Å²) in [5, 5.41) is 12.2. The predicted octanol–water partition coefficient (Wildman–Crippen LogP) is 1.47. The number of rotatable bonds is 4. The van der Waals surface area contributed by atoms with Crippen molar-refractivity contribution >= 4 is 11.9 Å². The number of nitrogens with one attached hydrogen (secondary N) is 1. The Hall–Kier alpha value is -1.10. The molecular weight excluding hydrogens is 244 g/mol. The average Bonchev–Trinajstić information content (AvgIpc) is 2.62. The summed E-state index contributed by atoms with van der Waals surface area (Å²) in [4.78, 5) is 25.5. The normalized spacial score (nSPS) is 22.5. The second kappa shape index (κ2) is 5.90. The van der Waals surface area contributed by atoms with E-state index in [0.29, 0.717) is 13.0 Å². The highest BCUT2D eigenvalue weighted by molar-refractivity contribution is 5.84. The molecule has 0 aromatic rings. The van der Waals surface area contributed by atoms with Gasteiger partial charge in [0.1, 0.15) is 6.04 Å². The topological polar surface area (TPSA) is 69.6 Å². The van der Waals surface area contributed by atoms with Crippen LogP contribution < -0.4 is 5.32 Å². The van der Waals surface area contributed by atoms with E-state index in [2.05, 4.69) is 5.32 Å². The summed E-state index contributed by atoms with van der Waals surface area (Å²) in [6.07, 6.45) is 1.46. The molecule has 1 fully saturated rings. The Balaban J connectivity index is 2.88. The first-order valence-corrected chi connectivity index (χ1v) is 6.94. The van der Waals surface area contributed by atoms with Crippen molar-refractivity contribution in [3.8, 4) is 0 Å². The molecule has 1 heterocycles. The first-order chi connectivity index (χ1) is 8.63. The Bertz CT molecular complexity index is 347. The van der Waals surface area contributed by atoms with Gasteiger partial charge in [0.05, 0.1) is 6.04 Å². The summed E-state index contributed by atoms with van der Waals surface area (Å²) in [6, 6.07) is -0.902. The maximum atomic E-state index is 12.4. The molecule has 0 aromatic heterocycles. The van der Waals surface area contributed by atoms with Crippen LogP contribution in [0.1, 0.15) is 47.5 Å². The zero-order valence-corrected chi connectivity index (χ0v) is 12.6. The Morgan fingerprint density at radius 2 is 1.89 bits per heavy atom. The van der Waals surface area contributed by atoms with E-state index >= 15 is 0 Å². The van der Waals surface area contributed by atoms with Gasteiger partial charge in [-0.15, -0.1) is 0 Å². The number of likely N-dealkylation sites (tertiary alicyclic amines) is 1. The number of carboxylic acids is 1. The summed E-state index contributed by atoms with van der Waals surface area (Å²) in [5.41, 5.74) is -0.303. The molecule has 19 heavy (non-hydrogen) atoms. The molecule has 0 bridgehead atoms. The number of amides is 1. The maximum absolute atomic E-state index is 12.4. The minimum Gasteiger partial charge on any atom is -0.480 e. The van der Waals surface area contributed by atoms with Gasteiger partial charge in [0.25, 0.3) is 0 Å². The van der Waals surface area contributed by atoms with E-state index in [4.69, 9.17) is 0 Å². The maximum Gasteiger partial charge on any atom is 0.320 e. The van der Waals surface area contributed by atoms with Gasteiger partial charge in [-0.3, -0.25) is 14.5 Å². The van der Waals surface area contributed by atoms with Crippen LogP contribution in [-0.2, 0) is 9.59 Å². The fourth-order valence-electron chi connectivity index (χ4n) is 2.67. The largest absolute Gasteiger partial charge is 0.480 e. The molecule has 1 aliphatic rings. The number of hydrogen-bond donors (Lipinski definition) is 2. The van der Waals surface area contributed by atoms with Gasteiger partial charge in [-0.05, 0) is 46.1 Å².